The third kappa shape index (κ3) is 3.24. The molecule has 100 valence electrons. The second-order valence-corrected chi connectivity index (χ2v) is 5.10. The van der Waals surface area contributed by atoms with Gasteiger partial charge in [-0.15, -0.1) is 0 Å². The summed E-state index contributed by atoms with van der Waals surface area (Å²) in [4.78, 5) is 26.5. The zero-order chi connectivity index (χ0) is 13.1. The molecule has 0 aromatic rings. The maximum Gasteiger partial charge on any atom is 0.320 e. The van der Waals surface area contributed by atoms with Gasteiger partial charge in [0.25, 0.3) is 0 Å². The Morgan fingerprint density at radius 2 is 2.22 bits per heavy atom. The second-order valence-electron chi connectivity index (χ2n) is 5.10. The van der Waals surface area contributed by atoms with Crippen molar-refractivity contribution in [2.75, 3.05) is 19.6 Å². The number of urea groups is 1. The van der Waals surface area contributed by atoms with Crippen molar-refractivity contribution in [1.29, 1.82) is 0 Å². The first-order chi connectivity index (χ1) is 8.58. The standard InChI is InChI=1S/C13H20N2O3/c1-10-4-7-14(8-5-10)13(18)15(11-2-3-11)9-6-12(16)17/h4,11H,2-3,5-9H2,1H3,(H,16,17). The van der Waals surface area contributed by atoms with E-state index < -0.39 is 5.97 Å². The van der Waals surface area contributed by atoms with Gasteiger partial charge >= 0.3 is 12.0 Å². The molecule has 5 heteroatoms. The molecular formula is C13H20N2O3. The molecule has 2 amide bonds. The molecule has 0 radical (unpaired) electrons. The third-order valence-corrected chi connectivity index (χ3v) is 3.51. The van der Waals surface area contributed by atoms with E-state index in [0.29, 0.717) is 13.1 Å². The first kappa shape index (κ1) is 12.9. The van der Waals surface area contributed by atoms with Crippen LogP contribution >= 0.6 is 0 Å². The first-order valence-electron chi connectivity index (χ1n) is 6.51. The zero-order valence-corrected chi connectivity index (χ0v) is 10.8. The first-order valence-corrected chi connectivity index (χ1v) is 6.51. The molecule has 1 N–H and O–H groups in total. The molecule has 0 bridgehead atoms. The van der Waals surface area contributed by atoms with Crippen LogP contribution in [0.2, 0.25) is 0 Å². The van der Waals surface area contributed by atoms with Crippen LogP contribution in [0.4, 0.5) is 4.79 Å². The van der Waals surface area contributed by atoms with Gasteiger partial charge in [-0.05, 0) is 26.2 Å². The molecule has 1 aliphatic carbocycles. The molecule has 1 saturated carbocycles. The van der Waals surface area contributed by atoms with Gasteiger partial charge in [0.05, 0.1) is 6.42 Å². The summed E-state index contributed by atoms with van der Waals surface area (Å²) < 4.78 is 0. The Labute approximate surface area is 107 Å². The van der Waals surface area contributed by atoms with Gasteiger partial charge < -0.3 is 14.9 Å². The Bertz CT molecular complexity index is 374. The Balaban J connectivity index is 1.93. The number of carboxylic acid groups (broad SMARTS) is 1. The van der Waals surface area contributed by atoms with E-state index in [1.54, 1.807) is 4.90 Å². The van der Waals surface area contributed by atoms with Crippen LogP contribution in [0.3, 0.4) is 0 Å². The quantitative estimate of drug-likeness (QED) is 0.775. The van der Waals surface area contributed by atoms with Crippen LogP contribution in [0.25, 0.3) is 0 Å². The number of hydrogen-bond acceptors (Lipinski definition) is 2. The molecule has 1 heterocycles. The highest BCUT2D eigenvalue weighted by Crippen LogP contribution is 2.28. The number of rotatable bonds is 4. The van der Waals surface area contributed by atoms with Gasteiger partial charge in [-0.1, -0.05) is 11.6 Å². The molecular weight excluding hydrogens is 232 g/mol. The predicted octanol–water partition coefficient (Wildman–Crippen LogP) is 1.70. The van der Waals surface area contributed by atoms with E-state index in [-0.39, 0.29) is 18.5 Å². The highest BCUT2D eigenvalue weighted by atomic mass is 16.4. The van der Waals surface area contributed by atoms with Gasteiger partial charge in [0.15, 0.2) is 0 Å². The van der Waals surface area contributed by atoms with Crippen molar-refractivity contribution in [2.45, 2.75) is 38.6 Å². The fourth-order valence-corrected chi connectivity index (χ4v) is 2.16. The van der Waals surface area contributed by atoms with Crippen LogP contribution < -0.4 is 0 Å². The summed E-state index contributed by atoms with van der Waals surface area (Å²) in [5.41, 5.74) is 1.32. The molecule has 0 unspecified atom stereocenters. The summed E-state index contributed by atoms with van der Waals surface area (Å²) >= 11 is 0. The van der Waals surface area contributed by atoms with Gasteiger partial charge in [-0.2, -0.15) is 0 Å². The van der Waals surface area contributed by atoms with Crippen LogP contribution in [0.1, 0.15) is 32.6 Å². The third-order valence-electron chi connectivity index (χ3n) is 3.51. The monoisotopic (exact) mass is 252 g/mol. The lowest BCUT2D eigenvalue weighted by Crippen LogP contribution is -2.46. The molecule has 5 nitrogen and oxygen atoms in total. The second kappa shape index (κ2) is 5.42. The Hall–Kier alpha value is -1.52. The van der Waals surface area contributed by atoms with Gasteiger partial charge in [-0.3, -0.25) is 4.79 Å². The van der Waals surface area contributed by atoms with E-state index in [1.807, 2.05) is 4.90 Å². The van der Waals surface area contributed by atoms with Gasteiger partial charge in [0.2, 0.25) is 0 Å². The van der Waals surface area contributed by atoms with Crippen LogP contribution in [0.15, 0.2) is 11.6 Å². The van der Waals surface area contributed by atoms with Crippen molar-refractivity contribution >= 4 is 12.0 Å². The number of carbonyl (C=O) groups excluding carboxylic acids is 1. The maximum atomic E-state index is 12.3. The molecule has 0 aromatic heterocycles. The largest absolute Gasteiger partial charge is 0.481 e. The van der Waals surface area contributed by atoms with Crippen molar-refractivity contribution in [3.05, 3.63) is 11.6 Å². The van der Waals surface area contributed by atoms with E-state index in [2.05, 4.69) is 13.0 Å². The molecule has 18 heavy (non-hydrogen) atoms. The minimum atomic E-state index is -0.845. The van der Waals surface area contributed by atoms with Crippen molar-refractivity contribution in [1.82, 2.24) is 9.80 Å². The van der Waals surface area contributed by atoms with Crippen LogP contribution in [0.5, 0.6) is 0 Å². The molecule has 2 aliphatic rings. The van der Waals surface area contributed by atoms with Crippen LogP contribution in [-0.2, 0) is 4.79 Å². The van der Waals surface area contributed by atoms with Crippen molar-refractivity contribution < 1.29 is 14.7 Å². The van der Waals surface area contributed by atoms with E-state index in [1.165, 1.54) is 5.57 Å². The van der Waals surface area contributed by atoms with Crippen molar-refractivity contribution in [3.8, 4) is 0 Å². The Morgan fingerprint density at radius 1 is 1.50 bits per heavy atom. The average molecular weight is 252 g/mol. The molecule has 1 aliphatic heterocycles. The topological polar surface area (TPSA) is 60.9 Å². The summed E-state index contributed by atoms with van der Waals surface area (Å²) in [6.45, 7) is 3.81. The summed E-state index contributed by atoms with van der Waals surface area (Å²) in [5.74, 6) is -0.845. The SMILES string of the molecule is CC1=CCN(C(=O)N(CCC(=O)O)C2CC2)CC1. The molecule has 0 aromatic carbocycles. The molecule has 0 atom stereocenters. The lowest BCUT2D eigenvalue weighted by molar-refractivity contribution is -0.137. The van der Waals surface area contributed by atoms with E-state index in [4.69, 9.17) is 5.11 Å². The average Bonchev–Trinajstić information content (AvgIpc) is 3.14. The number of carboxylic acids is 1. The fourth-order valence-electron chi connectivity index (χ4n) is 2.16. The number of carbonyl (C=O) groups is 2. The summed E-state index contributed by atoms with van der Waals surface area (Å²) in [7, 11) is 0. The fraction of sp³-hybridized carbons (Fsp3) is 0.692. The van der Waals surface area contributed by atoms with Crippen LogP contribution in [0, 0.1) is 0 Å². The Kier molecular flexibility index (Phi) is 3.89. The molecule has 2 rings (SSSR count). The van der Waals surface area contributed by atoms with E-state index in [9.17, 15) is 9.59 Å². The number of hydrogen-bond donors (Lipinski definition) is 1. The molecule has 0 spiro atoms. The summed E-state index contributed by atoms with van der Waals surface area (Å²) in [6.07, 6.45) is 5.04. The normalized spacial score (nSPS) is 19.4. The lowest BCUT2D eigenvalue weighted by Gasteiger charge is -2.32. The van der Waals surface area contributed by atoms with Crippen LogP contribution in [-0.4, -0.2) is 52.6 Å². The van der Waals surface area contributed by atoms with Gasteiger partial charge in [0, 0.05) is 25.7 Å². The minimum Gasteiger partial charge on any atom is -0.481 e. The van der Waals surface area contributed by atoms with Gasteiger partial charge in [0.1, 0.15) is 0 Å². The summed E-state index contributed by atoms with van der Waals surface area (Å²) in [6, 6.07) is 0.270. The Morgan fingerprint density at radius 3 is 2.72 bits per heavy atom. The number of amides is 2. The lowest BCUT2D eigenvalue weighted by atomic mass is 10.1. The smallest absolute Gasteiger partial charge is 0.320 e. The minimum absolute atomic E-state index is 0.00231. The highest BCUT2D eigenvalue weighted by molar-refractivity contribution is 5.76. The van der Waals surface area contributed by atoms with Crippen molar-refractivity contribution in [2.24, 2.45) is 0 Å². The maximum absolute atomic E-state index is 12.3. The predicted molar refractivity (Wildman–Crippen MR) is 67.3 cm³/mol. The number of nitrogens with zero attached hydrogens (tertiary/aromatic N) is 2. The zero-order valence-electron chi connectivity index (χ0n) is 10.8. The van der Waals surface area contributed by atoms with Gasteiger partial charge in [-0.25, -0.2) is 4.79 Å². The molecule has 1 fully saturated rings. The number of aliphatic carboxylic acids is 1. The van der Waals surface area contributed by atoms with E-state index >= 15 is 0 Å². The molecule has 0 saturated heterocycles. The van der Waals surface area contributed by atoms with E-state index in [0.717, 1.165) is 25.8 Å². The summed E-state index contributed by atoms with van der Waals surface area (Å²) in [5, 5.41) is 8.73. The van der Waals surface area contributed by atoms with Crippen molar-refractivity contribution in [3.63, 3.8) is 0 Å². The highest BCUT2D eigenvalue weighted by Gasteiger charge is 2.35.